The molecule has 33 heavy (non-hydrogen) atoms. The number of morpholine rings is 1. The van der Waals surface area contributed by atoms with Crippen LogP contribution in [0.15, 0.2) is 42.5 Å². The Morgan fingerprint density at radius 2 is 1.70 bits per heavy atom. The number of benzene rings is 2. The lowest BCUT2D eigenvalue weighted by Gasteiger charge is -2.30. The molecule has 1 N–H and O–H groups in total. The Morgan fingerprint density at radius 3 is 2.36 bits per heavy atom. The molecule has 0 unspecified atom stereocenters. The Hall–Kier alpha value is -2.55. The van der Waals surface area contributed by atoms with Crippen molar-refractivity contribution in [3.8, 4) is 17.2 Å². The topological polar surface area (TPSA) is 55.4 Å². The van der Waals surface area contributed by atoms with Crippen LogP contribution in [0.25, 0.3) is 0 Å². The van der Waals surface area contributed by atoms with Crippen molar-refractivity contribution < 1.29 is 18.9 Å². The van der Waals surface area contributed by atoms with Crippen LogP contribution in [0.5, 0.6) is 17.2 Å². The summed E-state index contributed by atoms with van der Waals surface area (Å²) >= 11 is 5.81. The van der Waals surface area contributed by atoms with Crippen molar-refractivity contribution in [2.75, 3.05) is 60.7 Å². The Labute approximate surface area is 202 Å². The van der Waals surface area contributed by atoms with Gasteiger partial charge in [-0.2, -0.15) is 0 Å². The Balaban J connectivity index is 1.64. The zero-order chi connectivity index (χ0) is 23.5. The third-order valence-corrected chi connectivity index (χ3v) is 6.15. The van der Waals surface area contributed by atoms with E-state index >= 15 is 0 Å². The van der Waals surface area contributed by atoms with Crippen LogP contribution in [0.1, 0.15) is 17.5 Å². The molecule has 0 radical (unpaired) electrons. The van der Waals surface area contributed by atoms with E-state index in [0.29, 0.717) is 13.1 Å². The standard InChI is InChI=1S/C25H35N3O4S/c1-29-22-8-5-20(6-9-22)18-26-25(33)28(12-4-11-27-13-15-32-16-14-27)19-21-7-10-23(30-2)17-24(21)31-3/h5-10,17H,4,11-16,18-19H2,1-3H3,(H,26,33). The maximum absolute atomic E-state index is 5.81. The lowest BCUT2D eigenvalue weighted by Crippen LogP contribution is -2.42. The molecular formula is C25H35N3O4S. The first-order valence-electron chi connectivity index (χ1n) is 11.3. The fourth-order valence-corrected chi connectivity index (χ4v) is 4.01. The molecule has 7 nitrogen and oxygen atoms in total. The predicted molar refractivity (Wildman–Crippen MR) is 134 cm³/mol. The maximum atomic E-state index is 5.81. The van der Waals surface area contributed by atoms with Gasteiger partial charge in [0, 0.05) is 50.9 Å². The maximum Gasteiger partial charge on any atom is 0.169 e. The van der Waals surface area contributed by atoms with Gasteiger partial charge >= 0.3 is 0 Å². The summed E-state index contributed by atoms with van der Waals surface area (Å²) in [5.74, 6) is 2.41. The fourth-order valence-electron chi connectivity index (χ4n) is 3.78. The van der Waals surface area contributed by atoms with E-state index in [0.717, 1.165) is 79.3 Å². The minimum atomic E-state index is 0.655. The summed E-state index contributed by atoms with van der Waals surface area (Å²) in [5, 5.41) is 4.15. The fraction of sp³-hybridized carbons (Fsp3) is 0.480. The van der Waals surface area contributed by atoms with Gasteiger partial charge in [0.15, 0.2) is 5.11 Å². The van der Waals surface area contributed by atoms with Gasteiger partial charge in [-0.1, -0.05) is 12.1 Å². The summed E-state index contributed by atoms with van der Waals surface area (Å²) in [4.78, 5) is 4.66. The average Bonchev–Trinajstić information content (AvgIpc) is 2.87. The van der Waals surface area contributed by atoms with Crippen molar-refractivity contribution in [2.45, 2.75) is 19.5 Å². The van der Waals surface area contributed by atoms with Crippen LogP contribution in [0.4, 0.5) is 0 Å². The summed E-state index contributed by atoms with van der Waals surface area (Å²) in [6.07, 6.45) is 1.02. The summed E-state index contributed by atoms with van der Waals surface area (Å²) < 4.78 is 21.7. The van der Waals surface area contributed by atoms with Crippen LogP contribution in [0.3, 0.4) is 0 Å². The van der Waals surface area contributed by atoms with Crippen molar-refractivity contribution in [1.82, 2.24) is 15.1 Å². The van der Waals surface area contributed by atoms with Crippen molar-refractivity contribution in [3.63, 3.8) is 0 Å². The second kappa shape index (κ2) is 13.2. The van der Waals surface area contributed by atoms with Gasteiger partial charge in [0.25, 0.3) is 0 Å². The summed E-state index contributed by atoms with van der Waals surface area (Å²) in [6.45, 7) is 6.80. The van der Waals surface area contributed by atoms with E-state index in [-0.39, 0.29) is 0 Å². The highest BCUT2D eigenvalue weighted by Crippen LogP contribution is 2.26. The molecule has 0 aliphatic carbocycles. The molecule has 0 aromatic heterocycles. The van der Waals surface area contributed by atoms with Gasteiger partial charge in [0.1, 0.15) is 17.2 Å². The first-order valence-corrected chi connectivity index (χ1v) is 11.7. The zero-order valence-electron chi connectivity index (χ0n) is 19.8. The Bertz CT molecular complexity index is 872. The number of hydrogen-bond donors (Lipinski definition) is 1. The van der Waals surface area contributed by atoms with E-state index in [1.165, 1.54) is 0 Å². The van der Waals surface area contributed by atoms with Crippen LogP contribution < -0.4 is 19.5 Å². The minimum absolute atomic E-state index is 0.655. The molecule has 2 aromatic carbocycles. The molecular weight excluding hydrogens is 438 g/mol. The van der Waals surface area contributed by atoms with Crippen molar-refractivity contribution in [3.05, 3.63) is 53.6 Å². The van der Waals surface area contributed by atoms with Gasteiger partial charge in [-0.3, -0.25) is 4.90 Å². The summed E-state index contributed by atoms with van der Waals surface area (Å²) in [5.41, 5.74) is 2.21. The molecule has 0 saturated carbocycles. The van der Waals surface area contributed by atoms with Crippen LogP contribution >= 0.6 is 12.2 Å². The molecule has 8 heteroatoms. The lowest BCUT2D eigenvalue weighted by molar-refractivity contribution is 0.0367. The molecule has 1 fully saturated rings. The Kier molecular flexibility index (Phi) is 10.1. The molecule has 1 aliphatic rings. The van der Waals surface area contributed by atoms with Gasteiger partial charge in [0.2, 0.25) is 0 Å². The summed E-state index contributed by atoms with van der Waals surface area (Å²) in [7, 11) is 5.01. The normalized spacial score (nSPS) is 13.9. The van der Waals surface area contributed by atoms with Crippen LogP contribution in [0.2, 0.25) is 0 Å². The number of nitrogens with zero attached hydrogens (tertiary/aromatic N) is 2. The van der Waals surface area contributed by atoms with Crippen molar-refractivity contribution in [2.24, 2.45) is 0 Å². The highest BCUT2D eigenvalue weighted by atomic mass is 32.1. The van der Waals surface area contributed by atoms with Crippen LogP contribution in [-0.4, -0.2) is 75.6 Å². The van der Waals surface area contributed by atoms with Crippen molar-refractivity contribution in [1.29, 1.82) is 0 Å². The molecule has 1 aliphatic heterocycles. The van der Waals surface area contributed by atoms with Gasteiger partial charge < -0.3 is 29.2 Å². The van der Waals surface area contributed by atoms with Crippen molar-refractivity contribution >= 4 is 17.3 Å². The van der Waals surface area contributed by atoms with E-state index in [4.69, 9.17) is 31.2 Å². The monoisotopic (exact) mass is 473 g/mol. The molecule has 0 spiro atoms. The highest BCUT2D eigenvalue weighted by Gasteiger charge is 2.16. The Morgan fingerprint density at radius 1 is 1.00 bits per heavy atom. The SMILES string of the molecule is COc1ccc(CNC(=S)N(CCCN2CCOCC2)Cc2ccc(OC)cc2OC)cc1. The van der Waals surface area contributed by atoms with Gasteiger partial charge in [-0.25, -0.2) is 0 Å². The number of hydrogen-bond acceptors (Lipinski definition) is 6. The number of ether oxygens (including phenoxy) is 4. The number of thiocarbonyl (C=S) groups is 1. The number of methoxy groups -OCH3 is 3. The van der Waals surface area contributed by atoms with E-state index < -0.39 is 0 Å². The molecule has 180 valence electrons. The second-order valence-corrected chi connectivity index (χ2v) is 8.30. The molecule has 0 amide bonds. The van der Waals surface area contributed by atoms with E-state index in [1.54, 1.807) is 21.3 Å². The van der Waals surface area contributed by atoms with Gasteiger partial charge in [-0.05, 0) is 48.5 Å². The average molecular weight is 474 g/mol. The molecule has 2 aromatic rings. The number of rotatable bonds is 11. The molecule has 3 rings (SSSR count). The second-order valence-electron chi connectivity index (χ2n) is 7.91. The van der Waals surface area contributed by atoms with E-state index in [1.807, 2.05) is 42.5 Å². The van der Waals surface area contributed by atoms with E-state index in [2.05, 4.69) is 15.1 Å². The van der Waals surface area contributed by atoms with Crippen LogP contribution in [0, 0.1) is 0 Å². The molecule has 0 bridgehead atoms. The largest absolute Gasteiger partial charge is 0.497 e. The molecule has 0 atom stereocenters. The lowest BCUT2D eigenvalue weighted by atomic mass is 10.1. The third kappa shape index (κ3) is 7.77. The molecule has 1 heterocycles. The highest BCUT2D eigenvalue weighted by molar-refractivity contribution is 7.80. The first-order chi connectivity index (χ1) is 16.1. The number of nitrogens with one attached hydrogen (secondary N) is 1. The van der Waals surface area contributed by atoms with E-state index in [9.17, 15) is 0 Å². The predicted octanol–water partition coefficient (Wildman–Crippen LogP) is 3.31. The zero-order valence-corrected chi connectivity index (χ0v) is 20.7. The van der Waals surface area contributed by atoms with Crippen LogP contribution in [-0.2, 0) is 17.8 Å². The summed E-state index contributed by atoms with van der Waals surface area (Å²) in [6, 6.07) is 13.9. The van der Waals surface area contributed by atoms with Gasteiger partial charge in [0.05, 0.1) is 34.5 Å². The smallest absolute Gasteiger partial charge is 0.169 e. The minimum Gasteiger partial charge on any atom is -0.497 e. The molecule has 1 saturated heterocycles. The quantitative estimate of drug-likeness (QED) is 0.499. The third-order valence-electron chi connectivity index (χ3n) is 5.75. The van der Waals surface area contributed by atoms with Gasteiger partial charge in [-0.15, -0.1) is 0 Å². The first kappa shape index (κ1) is 25.1.